The van der Waals surface area contributed by atoms with E-state index in [0.29, 0.717) is 23.4 Å². The molecule has 0 saturated carbocycles. The summed E-state index contributed by atoms with van der Waals surface area (Å²) in [6, 6.07) is 14.1. The maximum absolute atomic E-state index is 12.4. The molecule has 7 heteroatoms. The molecule has 0 aromatic heterocycles. The number of rotatable bonds is 3. The third-order valence-electron chi connectivity index (χ3n) is 3.94. The van der Waals surface area contributed by atoms with E-state index < -0.39 is 15.4 Å². The van der Waals surface area contributed by atoms with Gasteiger partial charge < -0.3 is 4.90 Å². The van der Waals surface area contributed by atoms with Crippen LogP contribution in [-0.4, -0.2) is 48.4 Å². The summed E-state index contributed by atoms with van der Waals surface area (Å²) in [6.07, 6.45) is 0. The normalized spacial score (nSPS) is 15.0. The predicted molar refractivity (Wildman–Crippen MR) is 89.1 cm³/mol. The first-order valence-electron chi connectivity index (χ1n) is 6.84. The molecule has 0 spiro atoms. The molecule has 0 fully saturated rings. The first kappa shape index (κ1) is 18.2. The summed E-state index contributed by atoms with van der Waals surface area (Å²) >= 11 is 0. The van der Waals surface area contributed by atoms with E-state index in [2.05, 4.69) is 0 Å². The van der Waals surface area contributed by atoms with Crippen molar-refractivity contribution in [3.8, 4) is 0 Å². The monoisotopic (exact) mass is 340 g/mol. The molecular weight excluding hydrogens is 325 g/mol. The topological polar surface area (TPSA) is 74.7 Å². The fourth-order valence-corrected chi connectivity index (χ4v) is 3.06. The van der Waals surface area contributed by atoms with Crippen molar-refractivity contribution in [1.82, 2.24) is 0 Å². The molecule has 1 radical (unpaired) electrons. The van der Waals surface area contributed by atoms with Crippen molar-refractivity contribution in [1.29, 1.82) is 0 Å². The van der Waals surface area contributed by atoms with Gasteiger partial charge in [-0.05, 0) is 36.2 Å². The van der Waals surface area contributed by atoms with Crippen LogP contribution in [0.15, 0.2) is 48.5 Å². The number of hydrogen-bond donors (Lipinski definition) is 1. The van der Waals surface area contributed by atoms with Gasteiger partial charge in [-0.3, -0.25) is 9.35 Å². The van der Waals surface area contributed by atoms with Crippen LogP contribution in [0.5, 0.6) is 0 Å². The molecule has 23 heavy (non-hydrogen) atoms. The summed E-state index contributed by atoms with van der Waals surface area (Å²) in [5.41, 5.74) is 2.85. The third-order valence-corrected chi connectivity index (χ3v) is 5.11. The van der Waals surface area contributed by atoms with Gasteiger partial charge in [-0.15, -0.1) is 0 Å². The van der Waals surface area contributed by atoms with E-state index in [4.69, 9.17) is 4.55 Å². The minimum atomic E-state index is -4.12. The second-order valence-electron chi connectivity index (χ2n) is 5.30. The Labute approximate surface area is 157 Å². The number of benzene rings is 2. The second kappa shape index (κ2) is 6.75. The minimum absolute atomic E-state index is 0. The Morgan fingerprint density at radius 1 is 1.09 bits per heavy atom. The average Bonchev–Trinajstić information content (AvgIpc) is 2.83. The Morgan fingerprint density at radius 2 is 1.70 bits per heavy atom. The Kier molecular flexibility index (Phi) is 5.33. The van der Waals surface area contributed by atoms with Crippen LogP contribution in [0.2, 0.25) is 0 Å². The van der Waals surface area contributed by atoms with Gasteiger partial charge in [0.25, 0.3) is 16.0 Å². The number of fused-ring (bicyclic) bond motifs is 1. The van der Waals surface area contributed by atoms with Crippen molar-refractivity contribution in [2.45, 2.75) is 18.7 Å². The van der Waals surface area contributed by atoms with Crippen molar-refractivity contribution in [3.63, 3.8) is 0 Å². The number of hydrogen-bond acceptors (Lipinski definition) is 3. The first-order valence-corrected chi connectivity index (χ1v) is 8.34. The third kappa shape index (κ3) is 3.51. The second-order valence-corrected chi connectivity index (χ2v) is 7.03. The number of anilines is 1. The average molecular weight is 340 g/mol. The predicted octanol–water partition coefficient (Wildman–Crippen LogP) is 2.42. The first-order chi connectivity index (χ1) is 10.4. The number of carbonyl (C=O) groups excluding carboxylic acids is 1. The summed E-state index contributed by atoms with van der Waals surface area (Å²) in [7, 11) is -4.12. The smallest absolute Gasteiger partial charge is 0.271 e. The molecule has 1 heterocycles. The van der Waals surface area contributed by atoms with Crippen LogP contribution in [-0.2, 0) is 16.7 Å². The van der Waals surface area contributed by atoms with Crippen LogP contribution >= 0.6 is 0 Å². The van der Waals surface area contributed by atoms with Crippen molar-refractivity contribution in [3.05, 3.63) is 65.2 Å². The summed E-state index contributed by atoms with van der Waals surface area (Å²) in [4.78, 5) is 14.0. The van der Waals surface area contributed by atoms with Gasteiger partial charge in [-0.1, -0.05) is 30.3 Å². The van der Waals surface area contributed by atoms with Gasteiger partial charge in [0.15, 0.2) is 0 Å². The zero-order chi connectivity index (χ0) is 15.9. The van der Waals surface area contributed by atoms with Crippen molar-refractivity contribution in [2.75, 3.05) is 4.90 Å². The fraction of sp³-hybridized carbons (Fsp3) is 0.188. The van der Waals surface area contributed by atoms with Crippen LogP contribution < -0.4 is 4.90 Å². The Balaban J connectivity index is 0.00000192. The molecule has 1 unspecified atom stereocenters. The summed E-state index contributed by atoms with van der Waals surface area (Å²) < 4.78 is 31.4. The van der Waals surface area contributed by atoms with E-state index in [0.717, 1.165) is 5.56 Å². The van der Waals surface area contributed by atoms with E-state index in [9.17, 15) is 13.2 Å². The minimum Gasteiger partial charge on any atom is -0.304 e. The van der Waals surface area contributed by atoms with Gasteiger partial charge in [-0.2, -0.15) is 8.42 Å². The standard InChI is InChI=1S/C16H15NO4S.Na/c1-11(22(19,20)21)12-6-8-14(9-7-12)17-10-13-4-2-3-5-15(13)16(17)18;/h2-9,11H,10H2,1H3,(H,19,20,21);. The molecule has 0 aliphatic carbocycles. The molecule has 1 amide bonds. The van der Waals surface area contributed by atoms with Gasteiger partial charge in [-0.25, -0.2) is 0 Å². The van der Waals surface area contributed by atoms with E-state index in [1.807, 2.05) is 18.2 Å². The van der Waals surface area contributed by atoms with E-state index in [1.165, 1.54) is 6.92 Å². The van der Waals surface area contributed by atoms with Crippen LogP contribution in [0.3, 0.4) is 0 Å². The van der Waals surface area contributed by atoms with Gasteiger partial charge >= 0.3 is 0 Å². The SMILES string of the molecule is CC(c1ccc(N2Cc3ccccc3C2=O)cc1)S(=O)(=O)O.[Na]. The molecule has 1 atom stereocenters. The zero-order valence-electron chi connectivity index (χ0n) is 12.9. The van der Waals surface area contributed by atoms with Gasteiger partial charge in [0.2, 0.25) is 0 Å². The molecule has 0 saturated heterocycles. The molecule has 5 nitrogen and oxygen atoms in total. The van der Waals surface area contributed by atoms with Crippen molar-refractivity contribution < 1.29 is 17.8 Å². The van der Waals surface area contributed by atoms with E-state index >= 15 is 0 Å². The summed E-state index contributed by atoms with van der Waals surface area (Å²) in [6.45, 7) is 1.92. The van der Waals surface area contributed by atoms with Crippen molar-refractivity contribution in [2.24, 2.45) is 0 Å². The molecule has 1 N–H and O–H groups in total. The maximum Gasteiger partial charge on any atom is 0.271 e. The quantitative estimate of drug-likeness (QED) is 0.688. The number of nitrogens with zero attached hydrogens (tertiary/aromatic N) is 1. The molecule has 2 aromatic carbocycles. The summed E-state index contributed by atoms with van der Waals surface area (Å²) in [5.74, 6) is -0.0637. The zero-order valence-corrected chi connectivity index (χ0v) is 15.7. The Hall–Kier alpha value is -1.18. The van der Waals surface area contributed by atoms with Crippen LogP contribution in [0.25, 0.3) is 0 Å². The van der Waals surface area contributed by atoms with Crippen LogP contribution in [0, 0.1) is 0 Å². The Bertz CT molecular complexity index is 833. The molecule has 1 aliphatic rings. The fourth-order valence-electron chi connectivity index (χ4n) is 2.56. The van der Waals surface area contributed by atoms with Crippen LogP contribution in [0.1, 0.15) is 33.7 Å². The molecule has 2 aromatic rings. The Morgan fingerprint density at radius 3 is 2.26 bits per heavy atom. The van der Waals surface area contributed by atoms with Crippen LogP contribution in [0.4, 0.5) is 5.69 Å². The maximum atomic E-state index is 12.4. The molecular formula is C16H15NNaO4S. The van der Waals surface area contributed by atoms with E-state index in [-0.39, 0.29) is 35.5 Å². The molecule has 3 rings (SSSR count). The summed E-state index contributed by atoms with van der Waals surface area (Å²) in [5, 5.41) is -0.993. The van der Waals surface area contributed by atoms with E-state index in [1.54, 1.807) is 35.2 Å². The van der Waals surface area contributed by atoms with Gasteiger partial charge in [0.1, 0.15) is 5.25 Å². The number of carbonyl (C=O) groups is 1. The molecule has 0 bridgehead atoms. The van der Waals surface area contributed by atoms with Gasteiger partial charge in [0, 0.05) is 40.8 Å². The molecule has 115 valence electrons. The largest absolute Gasteiger partial charge is 0.304 e. The number of amides is 1. The van der Waals surface area contributed by atoms with Crippen molar-refractivity contribution >= 4 is 51.3 Å². The van der Waals surface area contributed by atoms with Gasteiger partial charge in [0.05, 0.1) is 6.54 Å². The molecule has 1 aliphatic heterocycles.